The van der Waals surface area contributed by atoms with Gasteiger partial charge in [0.05, 0.1) is 5.41 Å². The van der Waals surface area contributed by atoms with Crippen molar-refractivity contribution in [1.82, 2.24) is 0 Å². The summed E-state index contributed by atoms with van der Waals surface area (Å²) in [6.45, 7) is 5.32. The first kappa shape index (κ1) is 28.2. The van der Waals surface area contributed by atoms with Crippen molar-refractivity contribution in [3.8, 4) is 11.8 Å². The highest BCUT2D eigenvalue weighted by atomic mass is 19.4. The van der Waals surface area contributed by atoms with Crippen molar-refractivity contribution in [2.24, 2.45) is 22.7 Å². The predicted octanol–water partition coefficient (Wildman–Crippen LogP) is 7.67. The van der Waals surface area contributed by atoms with Gasteiger partial charge in [-0.3, -0.25) is 9.59 Å². The smallest absolute Gasteiger partial charge is 0.372 e. The number of anilines is 1. The fraction of sp³-hybridized carbons (Fsp3) is 0.588. The first-order valence-electron chi connectivity index (χ1n) is 15.0. The Morgan fingerprint density at radius 1 is 1.07 bits per heavy atom. The largest absolute Gasteiger partial charge is 0.457 e. The summed E-state index contributed by atoms with van der Waals surface area (Å²) in [6, 6.07) is 8.45. The Hall–Kier alpha value is -2.88. The Morgan fingerprint density at radius 3 is 2.44 bits per heavy atom. The van der Waals surface area contributed by atoms with E-state index in [9.17, 15) is 22.8 Å². The molecule has 1 aliphatic heterocycles. The lowest BCUT2D eigenvalue weighted by molar-refractivity contribution is -0.130. The van der Waals surface area contributed by atoms with Gasteiger partial charge in [-0.15, -0.1) is 0 Å². The van der Waals surface area contributed by atoms with Crippen LogP contribution in [0, 0.1) is 34.5 Å². The van der Waals surface area contributed by atoms with Gasteiger partial charge in [0.15, 0.2) is 5.78 Å². The van der Waals surface area contributed by atoms with Crippen molar-refractivity contribution in [2.75, 3.05) is 18.0 Å². The van der Waals surface area contributed by atoms with Gasteiger partial charge in [0.2, 0.25) is 0 Å². The third-order valence-corrected chi connectivity index (χ3v) is 11.0. The average Bonchev–Trinajstić information content (AvgIpc) is 3.25. The van der Waals surface area contributed by atoms with Crippen molar-refractivity contribution in [2.45, 2.75) is 89.9 Å². The molecule has 7 heteroatoms. The molecule has 0 bridgehead atoms. The monoisotopic (exact) mass is 567 g/mol. The van der Waals surface area contributed by atoms with Crippen LogP contribution in [0.5, 0.6) is 0 Å². The number of benzene rings is 1. The van der Waals surface area contributed by atoms with Gasteiger partial charge in [0, 0.05) is 37.0 Å². The Labute approximate surface area is 239 Å². The predicted molar refractivity (Wildman–Crippen MR) is 150 cm³/mol. The number of ketones is 2. The zero-order valence-electron chi connectivity index (χ0n) is 23.7. The summed E-state index contributed by atoms with van der Waals surface area (Å²) in [6.07, 6.45) is 1.23. The third kappa shape index (κ3) is 4.66. The Balaban J connectivity index is 1.49. The maximum atomic E-state index is 15.8. The second kappa shape index (κ2) is 10.1. The molecular weight excluding hydrogens is 530 g/mol. The molecule has 3 nitrogen and oxygen atoms in total. The molecule has 4 aliphatic carbocycles. The van der Waals surface area contributed by atoms with Crippen LogP contribution in [-0.4, -0.2) is 37.0 Å². The van der Waals surface area contributed by atoms with Crippen LogP contribution < -0.4 is 4.90 Å². The molecule has 0 amide bonds. The molecule has 6 rings (SSSR count). The first-order valence-corrected chi connectivity index (χ1v) is 15.0. The molecule has 1 aromatic carbocycles. The molecule has 0 spiro atoms. The van der Waals surface area contributed by atoms with Crippen molar-refractivity contribution in [3.05, 3.63) is 52.6 Å². The highest BCUT2D eigenvalue weighted by molar-refractivity contribution is 5.93. The van der Waals surface area contributed by atoms with Gasteiger partial charge in [-0.2, -0.15) is 13.2 Å². The van der Waals surface area contributed by atoms with E-state index < -0.39 is 23.2 Å². The number of hydrogen-bond acceptors (Lipinski definition) is 3. The summed E-state index contributed by atoms with van der Waals surface area (Å²) in [5.41, 5.74) is 2.41. The summed E-state index contributed by atoms with van der Waals surface area (Å²) in [5.74, 6) is 2.95. The topological polar surface area (TPSA) is 37.4 Å². The third-order valence-electron chi connectivity index (χ3n) is 11.0. The minimum Gasteiger partial charge on any atom is -0.372 e. The number of fused-ring (bicyclic) bond motifs is 4. The fourth-order valence-electron chi connectivity index (χ4n) is 9.08. The summed E-state index contributed by atoms with van der Waals surface area (Å²) in [5, 5.41) is 0. The normalized spacial score (nSPS) is 35.1. The number of carbonyl (C=O) groups excluding carboxylic acids is 2. The number of nitrogens with zero attached hydrogens (tertiary/aromatic N) is 1. The number of allylic oxidation sites excluding steroid dienone is 4. The highest BCUT2D eigenvalue weighted by Gasteiger charge is 2.65. The number of hydrogen-bond donors (Lipinski definition) is 0. The summed E-state index contributed by atoms with van der Waals surface area (Å²) in [4.78, 5) is 28.0. The van der Waals surface area contributed by atoms with Crippen LogP contribution in [0.15, 0.2) is 47.1 Å². The molecule has 3 fully saturated rings. The zero-order chi connectivity index (χ0) is 29.2. The van der Waals surface area contributed by atoms with Gasteiger partial charge in [-0.25, -0.2) is 4.39 Å². The van der Waals surface area contributed by atoms with Crippen molar-refractivity contribution < 1.29 is 27.2 Å². The van der Waals surface area contributed by atoms with Gasteiger partial charge < -0.3 is 4.90 Å². The Bertz CT molecular complexity index is 1370. The zero-order valence-corrected chi connectivity index (χ0v) is 23.7. The molecule has 0 N–H and O–H groups in total. The van der Waals surface area contributed by atoms with E-state index in [1.165, 1.54) is 25.3 Å². The molecule has 0 radical (unpaired) electrons. The second-order valence-corrected chi connectivity index (χ2v) is 13.0. The molecule has 218 valence electrons. The summed E-state index contributed by atoms with van der Waals surface area (Å²) >= 11 is 0. The van der Waals surface area contributed by atoms with E-state index >= 15 is 4.39 Å². The summed E-state index contributed by atoms with van der Waals surface area (Å²) in [7, 11) is 0. The Morgan fingerprint density at radius 2 is 1.78 bits per heavy atom. The maximum absolute atomic E-state index is 15.8. The van der Waals surface area contributed by atoms with Gasteiger partial charge in [0.25, 0.3) is 0 Å². The number of halogens is 4. The number of rotatable bonds is 3. The quantitative estimate of drug-likeness (QED) is 0.278. The van der Waals surface area contributed by atoms with E-state index in [-0.39, 0.29) is 42.2 Å². The molecule has 0 aromatic heterocycles. The number of Topliss-reactive ketones (excluding diaryl/α,β-unsaturated/α-hetero) is 1. The van der Waals surface area contributed by atoms with E-state index in [4.69, 9.17) is 0 Å². The van der Waals surface area contributed by atoms with Crippen LogP contribution in [0.2, 0.25) is 0 Å². The van der Waals surface area contributed by atoms with Gasteiger partial charge in [0.1, 0.15) is 12.0 Å². The Kier molecular flexibility index (Phi) is 6.98. The SMILES string of the molecule is CC(=O)[C@@]1(C#CC(F)(F)F)CC[C@H]2[C@@H]3CC(F)C4=CC(=O)CCC4=C3C(c3ccc(N4CCCCC4)cc3)C[C@@]21C. The van der Waals surface area contributed by atoms with E-state index in [0.29, 0.717) is 31.3 Å². The van der Waals surface area contributed by atoms with E-state index in [0.717, 1.165) is 48.3 Å². The van der Waals surface area contributed by atoms with E-state index in [1.54, 1.807) is 0 Å². The number of alkyl halides is 4. The van der Waals surface area contributed by atoms with Gasteiger partial charge in [-0.1, -0.05) is 30.6 Å². The highest BCUT2D eigenvalue weighted by Crippen LogP contribution is 2.69. The van der Waals surface area contributed by atoms with Crippen molar-refractivity contribution in [3.63, 3.8) is 0 Å². The van der Waals surface area contributed by atoms with Crippen molar-refractivity contribution >= 4 is 17.3 Å². The average molecular weight is 568 g/mol. The number of piperidine rings is 1. The lowest BCUT2D eigenvalue weighted by atomic mass is 9.48. The van der Waals surface area contributed by atoms with Crippen LogP contribution in [-0.2, 0) is 9.59 Å². The van der Waals surface area contributed by atoms with Crippen LogP contribution in [0.3, 0.4) is 0 Å². The molecule has 6 atom stereocenters. The lowest BCUT2D eigenvalue weighted by Crippen LogP contribution is -2.51. The van der Waals surface area contributed by atoms with Gasteiger partial charge >= 0.3 is 6.18 Å². The van der Waals surface area contributed by atoms with Crippen LogP contribution >= 0.6 is 0 Å². The van der Waals surface area contributed by atoms with Crippen LogP contribution in [0.1, 0.15) is 83.1 Å². The molecule has 1 heterocycles. The molecule has 41 heavy (non-hydrogen) atoms. The standard InChI is InChI=1S/C34H37F4NO2/c1-21(40)33(14-15-34(36,37)38)13-12-29-27-19-30(35)26-18-24(41)10-11-25(26)31(27)28(20-32(29,33)2)22-6-8-23(9-7-22)39-16-4-3-5-17-39/h6-9,18,27-30H,3-5,10-13,16-17,19-20H2,1-2H3/t27-,28?,29-,30?,32-,33-/m0/s1. The molecule has 5 aliphatic rings. The summed E-state index contributed by atoms with van der Waals surface area (Å²) < 4.78 is 55.9. The van der Waals surface area contributed by atoms with E-state index in [1.807, 2.05) is 6.92 Å². The minimum absolute atomic E-state index is 0.0626. The van der Waals surface area contributed by atoms with Crippen LogP contribution in [0.4, 0.5) is 23.2 Å². The van der Waals surface area contributed by atoms with Gasteiger partial charge in [-0.05, 0) is 110 Å². The first-order chi connectivity index (χ1) is 19.4. The van der Waals surface area contributed by atoms with Crippen molar-refractivity contribution in [1.29, 1.82) is 0 Å². The molecule has 1 saturated heterocycles. The molecule has 2 unspecified atom stereocenters. The minimum atomic E-state index is -4.70. The maximum Gasteiger partial charge on any atom is 0.457 e. The lowest BCUT2D eigenvalue weighted by Gasteiger charge is -2.55. The molecular formula is C34H37F4NO2. The van der Waals surface area contributed by atoms with Crippen LogP contribution in [0.25, 0.3) is 0 Å². The molecule has 2 saturated carbocycles. The molecule has 1 aromatic rings. The second-order valence-electron chi connectivity index (χ2n) is 13.0. The number of carbonyl (C=O) groups is 2. The van der Waals surface area contributed by atoms with E-state index in [2.05, 4.69) is 35.1 Å². The fourth-order valence-corrected chi connectivity index (χ4v) is 9.08.